The second kappa shape index (κ2) is 7.82. The van der Waals surface area contributed by atoms with Crippen LogP contribution in [0.15, 0.2) is 53.9 Å². The van der Waals surface area contributed by atoms with E-state index in [9.17, 15) is 9.50 Å². The van der Waals surface area contributed by atoms with Gasteiger partial charge in [0.2, 0.25) is 0 Å². The average Bonchev–Trinajstić information content (AvgIpc) is 3.21. The highest BCUT2D eigenvalue weighted by Crippen LogP contribution is 2.29. The van der Waals surface area contributed by atoms with Crippen molar-refractivity contribution in [3.05, 3.63) is 60.2 Å². The number of halogens is 1. The molecule has 1 aliphatic carbocycles. The van der Waals surface area contributed by atoms with Crippen LogP contribution in [0.25, 0.3) is 16.8 Å². The van der Waals surface area contributed by atoms with E-state index in [4.69, 9.17) is 4.84 Å². The fourth-order valence-electron chi connectivity index (χ4n) is 3.64. The van der Waals surface area contributed by atoms with Crippen molar-refractivity contribution in [1.82, 2.24) is 9.78 Å². The van der Waals surface area contributed by atoms with E-state index in [1.807, 2.05) is 18.3 Å². The summed E-state index contributed by atoms with van der Waals surface area (Å²) < 4.78 is 16.0. The maximum atomic E-state index is 14.3. The molecule has 2 fully saturated rings. The van der Waals surface area contributed by atoms with Crippen LogP contribution in [0.1, 0.15) is 31.2 Å². The summed E-state index contributed by atoms with van der Waals surface area (Å²) >= 11 is 0. The third-order valence-electron chi connectivity index (χ3n) is 5.52. The number of oxime groups is 1. The van der Waals surface area contributed by atoms with Gasteiger partial charge in [-0.05, 0) is 67.6 Å². The largest absolute Gasteiger partial charge is 0.504 e. The molecule has 7 heteroatoms. The number of aromatic hydroxyl groups is 1. The van der Waals surface area contributed by atoms with Gasteiger partial charge < -0.3 is 14.8 Å². The zero-order valence-electron chi connectivity index (χ0n) is 16.5. The lowest BCUT2D eigenvalue weighted by atomic mass is 10.1. The Morgan fingerprint density at radius 1 is 1.07 bits per heavy atom. The number of hydrogen-bond acceptors (Lipinski definition) is 5. The van der Waals surface area contributed by atoms with Crippen LogP contribution < -0.4 is 4.90 Å². The normalized spacial score (nSPS) is 16.5. The molecular weight excluding hydrogens is 383 g/mol. The van der Waals surface area contributed by atoms with Crippen LogP contribution in [0.2, 0.25) is 0 Å². The molecule has 1 saturated carbocycles. The molecule has 30 heavy (non-hydrogen) atoms. The Kier molecular flexibility index (Phi) is 4.86. The smallest absolute Gasteiger partial charge is 0.166 e. The molecule has 1 N–H and O–H groups in total. The third kappa shape index (κ3) is 3.87. The molecule has 0 radical (unpaired) electrons. The van der Waals surface area contributed by atoms with Crippen LogP contribution >= 0.6 is 0 Å². The molecule has 0 bridgehead atoms. The van der Waals surface area contributed by atoms with E-state index in [0.717, 1.165) is 37.2 Å². The molecule has 154 valence electrons. The summed E-state index contributed by atoms with van der Waals surface area (Å²) in [5.41, 5.74) is 3.78. The summed E-state index contributed by atoms with van der Waals surface area (Å²) in [6, 6.07) is 11.3. The molecular formula is C23H23FN4O2. The predicted octanol–water partition coefficient (Wildman–Crippen LogP) is 4.50. The van der Waals surface area contributed by atoms with Gasteiger partial charge in [-0.25, -0.2) is 9.07 Å². The highest BCUT2D eigenvalue weighted by molar-refractivity contribution is 5.86. The van der Waals surface area contributed by atoms with Crippen molar-refractivity contribution >= 4 is 11.9 Å². The highest BCUT2D eigenvalue weighted by atomic mass is 19.1. The van der Waals surface area contributed by atoms with E-state index in [1.54, 1.807) is 16.9 Å². The number of nitrogens with zero attached hydrogens (tertiary/aromatic N) is 4. The van der Waals surface area contributed by atoms with Crippen molar-refractivity contribution in [2.75, 3.05) is 18.0 Å². The van der Waals surface area contributed by atoms with Gasteiger partial charge in [0, 0.05) is 36.1 Å². The topological polar surface area (TPSA) is 62.9 Å². The zero-order valence-corrected chi connectivity index (χ0v) is 16.5. The van der Waals surface area contributed by atoms with Crippen LogP contribution in [-0.4, -0.2) is 40.3 Å². The first kappa shape index (κ1) is 18.7. The molecule has 3 aromatic rings. The SMILES string of the molecule is Oc1c(F)cc(-c2cnn(-c3ccc(N4CCCC4)cc3)c2)cc1/C=N/OC1CC1. The minimum Gasteiger partial charge on any atom is -0.504 e. The van der Waals surface area contributed by atoms with E-state index in [1.165, 1.54) is 30.8 Å². The lowest BCUT2D eigenvalue weighted by Crippen LogP contribution is -2.17. The van der Waals surface area contributed by atoms with Gasteiger partial charge in [0.15, 0.2) is 11.6 Å². The summed E-state index contributed by atoms with van der Waals surface area (Å²) in [6.07, 6.45) is 9.47. The van der Waals surface area contributed by atoms with Gasteiger partial charge in [-0.15, -0.1) is 0 Å². The van der Waals surface area contributed by atoms with Crippen LogP contribution in [0.5, 0.6) is 5.75 Å². The van der Waals surface area contributed by atoms with Gasteiger partial charge in [0.05, 0.1) is 18.1 Å². The third-order valence-corrected chi connectivity index (χ3v) is 5.52. The van der Waals surface area contributed by atoms with Gasteiger partial charge in [-0.3, -0.25) is 0 Å². The Labute approximate surface area is 174 Å². The molecule has 1 saturated heterocycles. The molecule has 0 atom stereocenters. The Morgan fingerprint density at radius 3 is 2.53 bits per heavy atom. The van der Waals surface area contributed by atoms with Gasteiger partial charge in [-0.1, -0.05) is 5.16 Å². The van der Waals surface area contributed by atoms with E-state index in [2.05, 4.69) is 27.3 Å². The minimum absolute atomic E-state index is 0.145. The van der Waals surface area contributed by atoms with E-state index >= 15 is 0 Å². The fourth-order valence-corrected chi connectivity index (χ4v) is 3.64. The maximum absolute atomic E-state index is 14.3. The molecule has 2 aromatic carbocycles. The lowest BCUT2D eigenvalue weighted by molar-refractivity contribution is 0.130. The van der Waals surface area contributed by atoms with Crippen molar-refractivity contribution in [2.45, 2.75) is 31.8 Å². The molecule has 2 heterocycles. The zero-order chi connectivity index (χ0) is 20.5. The second-order valence-corrected chi connectivity index (χ2v) is 7.82. The van der Waals surface area contributed by atoms with Crippen molar-refractivity contribution in [2.24, 2.45) is 5.16 Å². The molecule has 0 spiro atoms. The van der Waals surface area contributed by atoms with E-state index in [0.29, 0.717) is 5.56 Å². The number of anilines is 1. The quantitative estimate of drug-likeness (QED) is 0.484. The standard InChI is InChI=1S/C23H23FN4O2/c24-22-12-16(11-17(23(22)29)14-26-30-21-7-8-21)18-13-25-28(15-18)20-5-3-19(4-6-20)27-9-1-2-10-27/h3-6,11-15,21,29H,1-2,7-10H2/b26-14+. The monoisotopic (exact) mass is 406 g/mol. The Balaban J connectivity index is 1.38. The first-order chi connectivity index (χ1) is 14.7. The Bertz CT molecular complexity index is 1070. The van der Waals surface area contributed by atoms with Crippen molar-refractivity contribution in [3.63, 3.8) is 0 Å². The van der Waals surface area contributed by atoms with Gasteiger partial charge >= 0.3 is 0 Å². The maximum Gasteiger partial charge on any atom is 0.166 e. The van der Waals surface area contributed by atoms with Crippen LogP contribution in [0, 0.1) is 5.82 Å². The van der Waals surface area contributed by atoms with Crippen molar-refractivity contribution in [3.8, 4) is 22.6 Å². The van der Waals surface area contributed by atoms with Gasteiger partial charge in [0.25, 0.3) is 0 Å². The summed E-state index contributed by atoms with van der Waals surface area (Å²) in [6.45, 7) is 2.21. The van der Waals surface area contributed by atoms with Gasteiger partial charge in [0.1, 0.15) is 6.10 Å². The van der Waals surface area contributed by atoms with Crippen LogP contribution in [-0.2, 0) is 4.84 Å². The van der Waals surface area contributed by atoms with Crippen LogP contribution in [0.3, 0.4) is 0 Å². The first-order valence-corrected chi connectivity index (χ1v) is 10.3. The number of rotatable bonds is 6. The lowest BCUT2D eigenvalue weighted by Gasteiger charge is -2.17. The van der Waals surface area contributed by atoms with Crippen LogP contribution in [0.4, 0.5) is 10.1 Å². The number of aromatic nitrogens is 2. The Morgan fingerprint density at radius 2 is 1.80 bits per heavy atom. The number of benzene rings is 2. The molecule has 1 aromatic heterocycles. The summed E-state index contributed by atoms with van der Waals surface area (Å²) in [5, 5.41) is 18.3. The first-order valence-electron chi connectivity index (χ1n) is 10.3. The van der Waals surface area contributed by atoms with Gasteiger partial charge in [-0.2, -0.15) is 5.10 Å². The molecule has 5 rings (SSSR count). The molecule has 2 aliphatic rings. The fraction of sp³-hybridized carbons (Fsp3) is 0.304. The molecule has 0 unspecified atom stereocenters. The summed E-state index contributed by atoms with van der Waals surface area (Å²) in [7, 11) is 0. The van der Waals surface area contributed by atoms with E-state index < -0.39 is 11.6 Å². The number of phenols is 1. The Hall–Kier alpha value is -3.35. The van der Waals surface area contributed by atoms with Crippen molar-refractivity contribution in [1.29, 1.82) is 0 Å². The predicted molar refractivity (Wildman–Crippen MR) is 114 cm³/mol. The summed E-state index contributed by atoms with van der Waals surface area (Å²) in [5.74, 6) is -1.14. The van der Waals surface area contributed by atoms with Crippen molar-refractivity contribution < 1.29 is 14.3 Å². The molecule has 6 nitrogen and oxygen atoms in total. The van der Waals surface area contributed by atoms with E-state index in [-0.39, 0.29) is 11.7 Å². The summed E-state index contributed by atoms with van der Waals surface area (Å²) in [4.78, 5) is 7.60. The second-order valence-electron chi connectivity index (χ2n) is 7.82. The number of hydrogen-bond donors (Lipinski definition) is 1. The average molecular weight is 406 g/mol. The molecule has 1 aliphatic heterocycles. The molecule has 0 amide bonds. The minimum atomic E-state index is -0.705. The highest BCUT2D eigenvalue weighted by Gasteiger charge is 2.23. The number of phenolic OH excluding ortho intramolecular Hbond substituents is 1.